The third-order valence-corrected chi connectivity index (χ3v) is 1.16. The summed E-state index contributed by atoms with van der Waals surface area (Å²) in [5, 5.41) is 0. The van der Waals surface area contributed by atoms with E-state index in [0.29, 0.717) is 0 Å². The van der Waals surface area contributed by atoms with Gasteiger partial charge >= 0.3 is 0 Å². The number of hydrogen-bond donors (Lipinski definition) is 0. The van der Waals surface area contributed by atoms with E-state index in [2.05, 4.69) is 16.8 Å². The first-order valence-corrected chi connectivity index (χ1v) is 3.27. The van der Waals surface area contributed by atoms with E-state index in [1.54, 1.807) is 0 Å². The van der Waals surface area contributed by atoms with Gasteiger partial charge in [0.05, 0.1) is 0 Å². The van der Waals surface area contributed by atoms with Crippen molar-refractivity contribution in [3.05, 3.63) is 29.8 Å². The maximum atomic E-state index is 12.7. The lowest BCUT2D eigenvalue weighted by Gasteiger charge is -1.97. The van der Waals surface area contributed by atoms with Crippen LogP contribution in [0.2, 0.25) is 0 Å². The lowest BCUT2D eigenvalue weighted by molar-refractivity contribution is 0.461. The van der Waals surface area contributed by atoms with Gasteiger partial charge < -0.3 is 4.74 Å². The summed E-state index contributed by atoms with van der Waals surface area (Å²) < 4.78 is 29.8. The van der Waals surface area contributed by atoms with Crippen molar-refractivity contribution in [2.24, 2.45) is 0 Å². The molecular formula is C9H6F2O. The molecule has 1 aromatic carbocycles. The van der Waals surface area contributed by atoms with E-state index in [1.807, 2.05) is 0 Å². The summed E-state index contributed by atoms with van der Waals surface area (Å²) in [6, 6.07) is 2.95. The summed E-state index contributed by atoms with van der Waals surface area (Å²) in [4.78, 5) is 0. The van der Waals surface area contributed by atoms with Crippen molar-refractivity contribution in [2.75, 3.05) is 0 Å². The summed E-state index contributed by atoms with van der Waals surface area (Å²) in [6.07, 6.45) is 2.18. The third kappa shape index (κ3) is 1.96. The maximum Gasteiger partial charge on any atom is 0.178 e. The molecule has 0 fully saturated rings. The third-order valence-electron chi connectivity index (χ3n) is 1.16. The number of ether oxygens (including phenoxy) is 1. The first-order chi connectivity index (χ1) is 5.74. The van der Waals surface area contributed by atoms with Crippen LogP contribution in [-0.2, 0) is 0 Å². The van der Waals surface area contributed by atoms with Crippen LogP contribution >= 0.6 is 0 Å². The van der Waals surface area contributed by atoms with Gasteiger partial charge in [-0.3, -0.25) is 0 Å². The highest BCUT2D eigenvalue weighted by molar-refractivity contribution is 5.26. The molecule has 0 aromatic heterocycles. The van der Waals surface area contributed by atoms with E-state index in [1.165, 1.54) is 6.92 Å². The van der Waals surface area contributed by atoms with Crippen LogP contribution in [0.4, 0.5) is 8.78 Å². The molecule has 0 atom stereocenters. The van der Waals surface area contributed by atoms with Crippen molar-refractivity contribution in [3.8, 4) is 17.8 Å². The zero-order chi connectivity index (χ0) is 8.97. The molecule has 0 bridgehead atoms. The molecule has 0 heterocycles. The molecule has 62 valence electrons. The maximum absolute atomic E-state index is 12.7. The van der Waals surface area contributed by atoms with Gasteiger partial charge in [-0.15, -0.1) is 0 Å². The van der Waals surface area contributed by atoms with E-state index in [9.17, 15) is 8.78 Å². The first kappa shape index (κ1) is 8.54. The highest BCUT2D eigenvalue weighted by atomic mass is 19.1. The van der Waals surface area contributed by atoms with Gasteiger partial charge in [0.2, 0.25) is 0 Å². The topological polar surface area (TPSA) is 9.23 Å². The minimum absolute atomic E-state index is 0.190. The Morgan fingerprint density at radius 2 is 2.08 bits per heavy atom. The molecular weight excluding hydrogens is 162 g/mol. The largest absolute Gasteiger partial charge is 0.404 e. The second kappa shape index (κ2) is 3.72. The van der Waals surface area contributed by atoms with Crippen molar-refractivity contribution in [3.63, 3.8) is 0 Å². The molecule has 0 spiro atoms. The average Bonchev–Trinajstić information content (AvgIpc) is 2.07. The number of benzene rings is 1. The van der Waals surface area contributed by atoms with Crippen LogP contribution < -0.4 is 4.74 Å². The highest BCUT2D eigenvalue weighted by Gasteiger charge is 2.02. The van der Waals surface area contributed by atoms with Gasteiger partial charge in [0.1, 0.15) is 11.9 Å². The average molecular weight is 168 g/mol. The van der Waals surface area contributed by atoms with Crippen molar-refractivity contribution >= 4 is 0 Å². The van der Waals surface area contributed by atoms with Crippen molar-refractivity contribution in [2.45, 2.75) is 6.92 Å². The van der Waals surface area contributed by atoms with E-state index in [4.69, 9.17) is 0 Å². The molecule has 1 aromatic rings. The van der Waals surface area contributed by atoms with Crippen molar-refractivity contribution in [1.82, 2.24) is 0 Å². The lowest BCUT2D eigenvalue weighted by Crippen LogP contribution is -1.88. The normalized spacial score (nSPS) is 8.58. The number of rotatable bonds is 1. The molecule has 0 saturated heterocycles. The molecule has 1 nitrogen and oxygen atoms in total. The van der Waals surface area contributed by atoms with Gasteiger partial charge in [-0.2, -0.15) is 0 Å². The Morgan fingerprint density at radius 1 is 1.33 bits per heavy atom. The molecule has 0 N–H and O–H groups in total. The lowest BCUT2D eigenvalue weighted by atomic mass is 10.3. The molecule has 1 rings (SSSR count). The van der Waals surface area contributed by atoms with E-state index in [0.717, 1.165) is 18.2 Å². The Labute approximate surface area is 69.0 Å². The minimum atomic E-state index is -0.626. The smallest absolute Gasteiger partial charge is 0.178 e. The highest BCUT2D eigenvalue weighted by Crippen LogP contribution is 2.17. The SMILES string of the molecule is CC#COc1cc(F)ccc1F. The number of halogens is 2. The van der Waals surface area contributed by atoms with Crippen LogP contribution in [0.25, 0.3) is 0 Å². The molecule has 0 unspecified atom stereocenters. The van der Waals surface area contributed by atoms with Crippen LogP contribution in [0, 0.1) is 23.7 Å². The summed E-state index contributed by atoms with van der Waals surface area (Å²) in [7, 11) is 0. The van der Waals surface area contributed by atoms with E-state index < -0.39 is 11.6 Å². The molecule has 0 amide bonds. The van der Waals surface area contributed by atoms with Gasteiger partial charge in [0.25, 0.3) is 0 Å². The van der Waals surface area contributed by atoms with Gasteiger partial charge in [0.15, 0.2) is 11.6 Å². The Morgan fingerprint density at radius 3 is 2.75 bits per heavy atom. The van der Waals surface area contributed by atoms with Gasteiger partial charge in [-0.25, -0.2) is 8.78 Å². The zero-order valence-corrected chi connectivity index (χ0v) is 6.40. The van der Waals surface area contributed by atoms with Gasteiger partial charge in [-0.05, 0) is 12.1 Å². The van der Waals surface area contributed by atoms with Crippen LogP contribution in [0.3, 0.4) is 0 Å². The Kier molecular flexibility index (Phi) is 2.65. The van der Waals surface area contributed by atoms with E-state index >= 15 is 0 Å². The second-order valence-electron chi connectivity index (χ2n) is 2.03. The Bertz CT molecular complexity index is 336. The molecule has 12 heavy (non-hydrogen) atoms. The molecule has 0 saturated carbocycles. The monoisotopic (exact) mass is 168 g/mol. The summed E-state index contributed by atoms with van der Waals surface area (Å²) in [6.45, 7) is 1.54. The molecule has 0 radical (unpaired) electrons. The number of hydrogen-bond acceptors (Lipinski definition) is 1. The predicted molar refractivity (Wildman–Crippen MR) is 40.4 cm³/mol. The fourth-order valence-electron chi connectivity index (χ4n) is 0.661. The van der Waals surface area contributed by atoms with Gasteiger partial charge in [0, 0.05) is 13.0 Å². The standard InChI is InChI=1S/C9H6F2O/c1-2-5-12-9-6-7(10)3-4-8(9)11/h3-4,6H,1H3. The molecule has 0 aliphatic carbocycles. The summed E-state index contributed by atoms with van der Waals surface area (Å²) in [5.74, 6) is 1.03. The minimum Gasteiger partial charge on any atom is -0.404 e. The molecule has 0 aliphatic rings. The van der Waals surface area contributed by atoms with Crippen molar-refractivity contribution < 1.29 is 13.5 Å². The fourth-order valence-corrected chi connectivity index (χ4v) is 0.661. The first-order valence-electron chi connectivity index (χ1n) is 3.27. The molecule has 0 aliphatic heterocycles. The summed E-state index contributed by atoms with van der Waals surface area (Å²) >= 11 is 0. The van der Waals surface area contributed by atoms with E-state index in [-0.39, 0.29) is 5.75 Å². The summed E-state index contributed by atoms with van der Waals surface area (Å²) in [5.41, 5.74) is 0. The zero-order valence-electron chi connectivity index (χ0n) is 6.40. The molecule has 3 heteroatoms. The van der Waals surface area contributed by atoms with Crippen LogP contribution in [0.1, 0.15) is 6.92 Å². The van der Waals surface area contributed by atoms with Crippen LogP contribution in [0.5, 0.6) is 5.75 Å². The second-order valence-corrected chi connectivity index (χ2v) is 2.03. The van der Waals surface area contributed by atoms with Crippen molar-refractivity contribution in [1.29, 1.82) is 0 Å². The fraction of sp³-hybridized carbons (Fsp3) is 0.111. The van der Waals surface area contributed by atoms with Crippen LogP contribution in [0.15, 0.2) is 18.2 Å². The Hall–Kier alpha value is -1.56. The van der Waals surface area contributed by atoms with Crippen LogP contribution in [-0.4, -0.2) is 0 Å². The van der Waals surface area contributed by atoms with Gasteiger partial charge in [-0.1, -0.05) is 5.92 Å². The Balaban J connectivity index is 2.94. The predicted octanol–water partition coefficient (Wildman–Crippen LogP) is 2.32. The quantitative estimate of drug-likeness (QED) is 0.585.